The lowest BCUT2D eigenvalue weighted by Gasteiger charge is -2.18. The Morgan fingerprint density at radius 3 is 0.756 bits per heavy atom. The SMILES string of the molecule is CC/C=C\C/C=C\C/C=C\C/C=C\C/C=C\C/C=C\C/C=C\CCCCCCCCCC(=O)OCC(COC(=O)CCCCCC/C=C\C/C=C\C/C=C\C/C=C\CC)OC(=O)CCCCCCCCC/C=C\CCCCCCCCC. The lowest BCUT2D eigenvalue weighted by atomic mass is 10.1. The van der Waals surface area contributed by atoms with Gasteiger partial charge in [-0.1, -0.05) is 282 Å². The topological polar surface area (TPSA) is 78.9 Å². The summed E-state index contributed by atoms with van der Waals surface area (Å²) in [7, 11) is 0. The number of carbonyl (C=O) groups is 3. The third-order valence-electron chi connectivity index (χ3n) is 14.1. The van der Waals surface area contributed by atoms with E-state index in [1.165, 1.54) is 109 Å². The lowest BCUT2D eigenvalue weighted by Crippen LogP contribution is -2.30. The monoisotopic (exact) mass is 1130 g/mol. The molecule has 1 unspecified atom stereocenters. The third kappa shape index (κ3) is 66.1. The summed E-state index contributed by atoms with van der Waals surface area (Å²) in [5.41, 5.74) is 0. The molecule has 82 heavy (non-hydrogen) atoms. The maximum absolute atomic E-state index is 12.9. The molecule has 0 rings (SSSR count). The Bertz CT molecular complexity index is 1780. The molecule has 0 N–H and O–H groups in total. The van der Waals surface area contributed by atoms with Crippen LogP contribution in [0.4, 0.5) is 0 Å². The Balaban J connectivity index is 4.42. The Kier molecular flexibility index (Phi) is 64.8. The van der Waals surface area contributed by atoms with Crippen molar-refractivity contribution in [1.29, 1.82) is 0 Å². The summed E-state index contributed by atoms with van der Waals surface area (Å²) < 4.78 is 16.9. The van der Waals surface area contributed by atoms with Crippen LogP contribution in [-0.4, -0.2) is 37.2 Å². The first-order valence-electron chi connectivity index (χ1n) is 33.8. The molecule has 0 aliphatic carbocycles. The van der Waals surface area contributed by atoms with Gasteiger partial charge < -0.3 is 14.2 Å². The van der Waals surface area contributed by atoms with Gasteiger partial charge in [-0.25, -0.2) is 0 Å². The van der Waals surface area contributed by atoms with Crippen molar-refractivity contribution in [2.24, 2.45) is 0 Å². The van der Waals surface area contributed by atoms with Crippen molar-refractivity contribution >= 4 is 17.9 Å². The number of rotatable bonds is 60. The molecule has 0 spiro atoms. The molecule has 0 saturated heterocycles. The van der Waals surface area contributed by atoms with Crippen LogP contribution in [0.5, 0.6) is 0 Å². The number of allylic oxidation sites excluding steroid dienone is 24. The molecular weight excluding hydrogens is 1010 g/mol. The molecule has 0 aromatic carbocycles. The molecule has 0 aliphatic rings. The Hall–Kier alpha value is -4.71. The molecule has 464 valence electrons. The minimum Gasteiger partial charge on any atom is -0.462 e. The molecule has 0 fully saturated rings. The first-order valence-corrected chi connectivity index (χ1v) is 33.8. The van der Waals surface area contributed by atoms with Gasteiger partial charge in [-0.3, -0.25) is 14.4 Å². The second kappa shape index (κ2) is 68.8. The van der Waals surface area contributed by atoms with Crippen molar-refractivity contribution in [3.63, 3.8) is 0 Å². The molecule has 0 aromatic heterocycles. The van der Waals surface area contributed by atoms with Crippen LogP contribution in [0.3, 0.4) is 0 Å². The number of hydrogen-bond acceptors (Lipinski definition) is 6. The van der Waals surface area contributed by atoms with Crippen LogP contribution in [0, 0.1) is 0 Å². The number of hydrogen-bond donors (Lipinski definition) is 0. The molecule has 6 nitrogen and oxygen atoms in total. The fourth-order valence-electron chi connectivity index (χ4n) is 9.06. The van der Waals surface area contributed by atoms with E-state index >= 15 is 0 Å². The van der Waals surface area contributed by atoms with E-state index in [0.29, 0.717) is 19.3 Å². The van der Waals surface area contributed by atoms with Gasteiger partial charge in [0.15, 0.2) is 6.10 Å². The van der Waals surface area contributed by atoms with Crippen molar-refractivity contribution in [3.05, 3.63) is 146 Å². The summed E-state index contributed by atoms with van der Waals surface area (Å²) in [5, 5.41) is 0. The summed E-state index contributed by atoms with van der Waals surface area (Å²) in [4.78, 5) is 38.4. The zero-order valence-electron chi connectivity index (χ0n) is 53.2. The highest BCUT2D eigenvalue weighted by Gasteiger charge is 2.19. The Morgan fingerprint density at radius 2 is 0.476 bits per heavy atom. The van der Waals surface area contributed by atoms with Crippen molar-refractivity contribution in [2.75, 3.05) is 13.2 Å². The van der Waals surface area contributed by atoms with E-state index in [1.54, 1.807) is 0 Å². The Labute approximate surface area is 506 Å². The lowest BCUT2D eigenvalue weighted by molar-refractivity contribution is -0.167. The summed E-state index contributed by atoms with van der Waals surface area (Å²) in [5.74, 6) is -0.933. The van der Waals surface area contributed by atoms with E-state index in [1.807, 2.05) is 0 Å². The van der Waals surface area contributed by atoms with E-state index in [2.05, 4.69) is 167 Å². The van der Waals surface area contributed by atoms with Gasteiger partial charge in [-0.2, -0.15) is 0 Å². The van der Waals surface area contributed by atoms with E-state index < -0.39 is 6.10 Å². The van der Waals surface area contributed by atoms with Gasteiger partial charge >= 0.3 is 17.9 Å². The van der Waals surface area contributed by atoms with E-state index in [9.17, 15) is 14.4 Å². The van der Waals surface area contributed by atoms with Gasteiger partial charge in [0.2, 0.25) is 0 Å². The van der Waals surface area contributed by atoms with Gasteiger partial charge in [0.1, 0.15) is 13.2 Å². The van der Waals surface area contributed by atoms with Crippen LogP contribution in [0.2, 0.25) is 0 Å². The number of carbonyl (C=O) groups excluding carboxylic acids is 3. The van der Waals surface area contributed by atoms with Crippen LogP contribution in [0.25, 0.3) is 0 Å². The first kappa shape index (κ1) is 77.3. The van der Waals surface area contributed by atoms with Crippen LogP contribution < -0.4 is 0 Å². The fraction of sp³-hybridized carbons (Fsp3) is 0.645. The minimum absolute atomic E-state index is 0.0979. The number of ether oxygens (including phenoxy) is 3. The van der Waals surface area contributed by atoms with E-state index in [4.69, 9.17) is 14.2 Å². The zero-order chi connectivity index (χ0) is 59.2. The molecule has 0 saturated carbocycles. The molecule has 6 heteroatoms. The summed E-state index contributed by atoms with van der Waals surface area (Å²) in [6.45, 7) is 6.39. The standard InChI is InChI=1S/C76H124O6/c1-4-7-10-13-16-19-22-25-28-31-33-34-35-36-37-38-39-40-41-42-43-46-48-51-54-57-60-63-66-69-75(78)81-72-73(71-80-74(77)68-65-62-59-56-53-50-47-44-30-27-24-21-18-15-12-9-6-3)82-76(79)70-67-64-61-58-55-52-49-45-32-29-26-23-20-17-14-11-8-5-2/h7,9-10,12,16,18-19,21,25,27-30,32-34,36-37,39-40,42-43,47,50,73H,4-6,8,11,13-15,17,20,22-24,26,31,35,38,41,44-46,48-49,51-72H2,1-3H3/b10-7-,12-9-,19-16-,21-18-,28-25-,30-27-,32-29-,34-33-,37-36-,40-39-,43-42-,50-47-. The van der Waals surface area contributed by atoms with Crippen molar-refractivity contribution in [2.45, 2.75) is 303 Å². The third-order valence-corrected chi connectivity index (χ3v) is 14.1. The van der Waals surface area contributed by atoms with Crippen molar-refractivity contribution in [1.82, 2.24) is 0 Å². The summed E-state index contributed by atoms with van der Waals surface area (Å²) in [6, 6.07) is 0. The average molecular weight is 1130 g/mol. The van der Waals surface area contributed by atoms with Gasteiger partial charge in [0, 0.05) is 19.3 Å². The smallest absolute Gasteiger partial charge is 0.306 e. The normalized spacial score (nSPS) is 13.1. The zero-order valence-corrected chi connectivity index (χ0v) is 53.2. The highest BCUT2D eigenvalue weighted by molar-refractivity contribution is 5.71. The molecule has 0 aliphatic heterocycles. The molecule has 0 aromatic rings. The predicted octanol–water partition coefficient (Wildman–Crippen LogP) is 23.5. The Morgan fingerprint density at radius 1 is 0.256 bits per heavy atom. The second-order valence-corrected chi connectivity index (χ2v) is 22.0. The number of esters is 3. The first-order chi connectivity index (χ1) is 40.5. The van der Waals surface area contributed by atoms with Gasteiger partial charge in [-0.15, -0.1) is 0 Å². The van der Waals surface area contributed by atoms with Crippen LogP contribution in [-0.2, 0) is 28.6 Å². The quantitative estimate of drug-likeness (QED) is 0.0261. The van der Waals surface area contributed by atoms with Crippen molar-refractivity contribution < 1.29 is 28.6 Å². The fourth-order valence-corrected chi connectivity index (χ4v) is 9.06. The van der Waals surface area contributed by atoms with E-state index in [-0.39, 0.29) is 31.1 Å². The molecule has 0 heterocycles. The second-order valence-electron chi connectivity index (χ2n) is 22.0. The molecule has 0 bridgehead atoms. The molecular formula is C76H124O6. The summed E-state index contributed by atoms with van der Waals surface area (Å²) >= 11 is 0. The van der Waals surface area contributed by atoms with Crippen LogP contribution in [0.1, 0.15) is 297 Å². The maximum atomic E-state index is 12.9. The number of unbranched alkanes of at least 4 members (excludes halogenated alkanes) is 25. The largest absolute Gasteiger partial charge is 0.462 e. The van der Waals surface area contributed by atoms with Gasteiger partial charge in [0.25, 0.3) is 0 Å². The maximum Gasteiger partial charge on any atom is 0.306 e. The van der Waals surface area contributed by atoms with Gasteiger partial charge in [-0.05, 0) is 141 Å². The van der Waals surface area contributed by atoms with Crippen LogP contribution in [0.15, 0.2) is 146 Å². The summed E-state index contributed by atoms with van der Waals surface area (Å²) in [6.07, 6.45) is 98.5. The minimum atomic E-state index is -0.803. The average Bonchev–Trinajstić information content (AvgIpc) is 3.47. The van der Waals surface area contributed by atoms with Crippen LogP contribution >= 0.6 is 0 Å². The molecule has 0 radical (unpaired) electrons. The van der Waals surface area contributed by atoms with E-state index in [0.717, 1.165) is 148 Å². The molecule has 0 amide bonds. The van der Waals surface area contributed by atoms with Gasteiger partial charge in [0.05, 0.1) is 0 Å². The highest BCUT2D eigenvalue weighted by atomic mass is 16.6. The highest BCUT2D eigenvalue weighted by Crippen LogP contribution is 2.15. The van der Waals surface area contributed by atoms with Crippen molar-refractivity contribution in [3.8, 4) is 0 Å². The predicted molar refractivity (Wildman–Crippen MR) is 357 cm³/mol. The molecule has 1 atom stereocenters.